The van der Waals surface area contributed by atoms with E-state index in [4.69, 9.17) is 0 Å². The number of para-hydroxylation sites is 1. The molecule has 1 aromatic carbocycles. The van der Waals surface area contributed by atoms with Gasteiger partial charge in [-0.3, -0.25) is 10.1 Å². The van der Waals surface area contributed by atoms with Crippen molar-refractivity contribution in [2.45, 2.75) is 25.1 Å². The van der Waals surface area contributed by atoms with Gasteiger partial charge in [0.15, 0.2) is 0 Å². The number of benzene rings is 1. The van der Waals surface area contributed by atoms with Gasteiger partial charge in [0.05, 0.1) is 21.6 Å². The molecule has 0 aliphatic carbocycles. The van der Waals surface area contributed by atoms with Crippen LogP contribution in [0.3, 0.4) is 0 Å². The van der Waals surface area contributed by atoms with Crippen molar-refractivity contribution in [2.75, 3.05) is 0 Å². The summed E-state index contributed by atoms with van der Waals surface area (Å²) < 4.78 is 1.46. The molecule has 100 valence electrons. The van der Waals surface area contributed by atoms with Crippen molar-refractivity contribution >= 4 is 21.6 Å². The van der Waals surface area contributed by atoms with E-state index >= 15 is 0 Å². The normalized spacial score (nSPS) is 12.4. The first-order valence-corrected chi connectivity index (χ1v) is 6.76. The van der Waals surface area contributed by atoms with Crippen molar-refractivity contribution in [3.63, 3.8) is 0 Å². The molecule has 19 heavy (non-hydrogen) atoms. The van der Waals surface area contributed by atoms with Crippen LogP contribution in [0.4, 0.5) is 5.69 Å². The number of hydrogen-bond acceptors (Lipinski definition) is 4. The molecule has 1 atom stereocenters. The SMILES string of the molecule is CCC(Br)c1cn(-c2c(C)cccc2[N+](=O)[O-])nn1. The topological polar surface area (TPSA) is 73.8 Å². The summed E-state index contributed by atoms with van der Waals surface area (Å²) in [5.74, 6) is 0. The van der Waals surface area contributed by atoms with Gasteiger partial charge >= 0.3 is 0 Å². The van der Waals surface area contributed by atoms with E-state index in [1.807, 2.05) is 19.9 Å². The van der Waals surface area contributed by atoms with Gasteiger partial charge in [-0.25, -0.2) is 4.68 Å². The van der Waals surface area contributed by atoms with Crippen molar-refractivity contribution in [1.29, 1.82) is 0 Å². The van der Waals surface area contributed by atoms with Crippen molar-refractivity contribution < 1.29 is 4.92 Å². The van der Waals surface area contributed by atoms with Gasteiger partial charge in [-0.05, 0) is 18.9 Å². The minimum Gasteiger partial charge on any atom is -0.258 e. The van der Waals surface area contributed by atoms with E-state index in [-0.39, 0.29) is 10.5 Å². The van der Waals surface area contributed by atoms with Crippen LogP contribution in [0, 0.1) is 17.0 Å². The van der Waals surface area contributed by atoms with Gasteiger partial charge in [0, 0.05) is 6.07 Å². The zero-order chi connectivity index (χ0) is 14.0. The molecule has 1 aromatic heterocycles. The number of halogens is 1. The number of hydrogen-bond donors (Lipinski definition) is 0. The Bertz CT molecular complexity index is 612. The standard InChI is InChI=1S/C12H13BrN4O2/c1-3-9(13)10-7-16(15-14-10)12-8(2)5-4-6-11(12)17(18)19/h4-7,9H,3H2,1-2H3. The molecule has 0 spiro atoms. The second-order valence-electron chi connectivity index (χ2n) is 4.16. The molecule has 1 heterocycles. The number of nitrogens with zero attached hydrogens (tertiary/aromatic N) is 4. The van der Waals surface area contributed by atoms with E-state index in [0.717, 1.165) is 17.7 Å². The molecule has 0 N–H and O–H groups in total. The van der Waals surface area contributed by atoms with Gasteiger partial charge in [0.1, 0.15) is 5.69 Å². The minimum atomic E-state index is -0.408. The molecule has 0 aliphatic heterocycles. The fourth-order valence-electron chi connectivity index (χ4n) is 1.83. The Labute approximate surface area is 118 Å². The molecule has 1 unspecified atom stereocenters. The highest BCUT2D eigenvalue weighted by molar-refractivity contribution is 9.09. The third-order valence-corrected chi connectivity index (χ3v) is 3.95. The Balaban J connectivity index is 2.53. The van der Waals surface area contributed by atoms with Crippen molar-refractivity contribution in [2.24, 2.45) is 0 Å². The lowest BCUT2D eigenvalue weighted by Crippen LogP contribution is -2.03. The Hall–Kier alpha value is -1.76. The third kappa shape index (κ3) is 2.65. The average Bonchev–Trinajstić information content (AvgIpc) is 2.86. The molecule has 0 radical (unpaired) electrons. The van der Waals surface area contributed by atoms with E-state index in [1.54, 1.807) is 12.3 Å². The summed E-state index contributed by atoms with van der Waals surface area (Å²) in [6.45, 7) is 3.84. The lowest BCUT2D eigenvalue weighted by Gasteiger charge is -2.05. The fourth-order valence-corrected chi connectivity index (χ4v) is 2.04. The molecule has 0 amide bonds. The Kier molecular flexibility index (Phi) is 3.94. The predicted molar refractivity (Wildman–Crippen MR) is 74.7 cm³/mol. The number of aryl methyl sites for hydroxylation is 1. The van der Waals surface area contributed by atoms with E-state index in [0.29, 0.717) is 5.69 Å². The van der Waals surface area contributed by atoms with Crippen molar-refractivity contribution in [1.82, 2.24) is 15.0 Å². The number of alkyl halides is 1. The first-order valence-electron chi connectivity index (χ1n) is 5.85. The maximum absolute atomic E-state index is 11.1. The molecule has 2 rings (SSSR count). The lowest BCUT2D eigenvalue weighted by atomic mass is 10.1. The second kappa shape index (κ2) is 5.48. The highest BCUT2D eigenvalue weighted by atomic mass is 79.9. The summed E-state index contributed by atoms with van der Waals surface area (Å²) in [4.78, 5) is 10.8. The van der Waals surface area contributed by atoms with Gasteiger partial charge in [-0.15, -0.1) is 5.10 Å². The first kappa shape index (κ1) is 13.7. The summed E-state index contributed by atoms with van der Waals surface area (Å²) in [7, 11) is 0. The largest absolute Gasteiger partial charge is 0.295 e. The van der Waals surface area contributed by atoms with Crippen LogP contribution in [-0.2, 0) is 0 Å². The van der Waals surface area contributed by atoms with E-state index in [9.17, 15) is 10.1 Å². The summed E-state index contributed by atoms with van der Waals surface area (Å²) >= 11 is 3.49. The second-order valence-corrected chi connectivity index (χ2v) is 5.27. The molecule has 0 saturated carbocycles. The zero-order valence-electron chi connectivity index (χ0n) is 10.6. The smallest absolute Gasteiger partial charge is 0.258 e. The van der Waals surface area contributed by atoms with E-state index < -0.39 is 4.92 Å². The van der Waals surface area contributed by atoms with E-state index in [2.05, 4.69) is 26.2 Å². The molecular formula is C12H13BrN4O2. The maximum atomic E-state index is 11.1. The summed E-state index contributed by atoms with van der Waals surface area (Å²) in [5, 5.41) is 19.1. The quantitative estimate of drug-likeness (QED) is 0.491. The molecule has 0 bridgehead atoms. The molecule has 0 fully saturated rings. The Morgan fingerprint density at radius 3 is 2.89 bits per heavy atom. The fraction of sp³-hybridized carbons (Fsp3) is 0.333. The van der Waals surface area contributed by atoms with Crippen molar-refractivity contribution in [3.05, 3.63) is 45.8 Å². The van der Waals surface area contributed by atoms with Crippen LogP contribution in [0.25, 0.3) is 5.69 Å². The van der Waals surface area contributed by atoms with Crippen LogP contribution in [0.1, 0.15) is 29.4 Å². The lowest BCUT2D eigenvalue weighted by molar-refractivity contribution is -0.384. The van der Waals surface area contributed by atoms with Gasteiger partial charge in [0.2, 0.25) is 0 Å². The van der Waals surface area contributed by atoms with Crippen LogP contribution < -0.4 is 0 Å². The van der Waals surface area contributed by atoms with Gasteiger partial charge in [-0.2, -0.15) is 0 Å². The highest BCUT2D eigenvalue weighted by Crippen LogP contribution is 2.28. The Morgan fingerprint density at radius 1 is 1.53 bits per heavy atom. The summed E-state index contributed by atoms with van der Waals surface area (Å²) in [5.41, 5.74) is 2.04. The summed E-state index contributed by atoms with van der Waals surface area (Å²) in [6.07, 6.45) is 2.59. The van der Waals surface area contributed by atoms with Gasteiger partial charge in [-0.1, -0.05) is 40.2 Å². The molecule has 2 aromatic rings. The molecule has 0 aliphatic rings. The molecular weight excluding hydrogens is 312 g/mol. The van der Waals surface area contributed by atoms with Crippen LogP contribution in [0.5, 0.6) is 0 Å². The van der Waals surface area contributed by atoms with E-state index in [1.165, 1.54) is 10.7 Å². The Morgan fingerprint density at radius 2 is 2.26 bits per heavy atom. The monoisotopic (exact) mass is 324 g/mol. The molecule has 7 heteroatoms. The van der Waals surface area contributed by atoms with Crippen LogP contribution in [0.2, 0.25) is 0 Å². The van der Waals surface area contributed by atoms with Crippen LogP contribution in [-0.4, -0.2) is 19.9 Å². The molecule has 0 saturated heterocycles. The minimum absolute atomic E-state index is 0.0269. The van der Waals surface area contributed by atoms with Crippen LogP contribution >= 0.6 is 15.9 Å². The summed E-state index contributed by atoms with van der Waals surface area (Å²) in [6, 6.07) is 4.94. The zero-order valence-corrected chi connectivity index (χ0v) is 12.2. The number of nitro groups is 1. The number of nitro benzene ring substituents is 1. The van der Waals surface area contributed by atoms with Crippen molar-refractivity contribution in [3.8, 4) is 5.69 Å². The third-order valence-electron chi connectivity index (χ3n) is 2.83. The number of rotatable bonds is 4. The van der Waals surface area contributed by atoms with Gasteiger partial charge < -0.3 is 0 Å². The first-order chi connectivity index (χ1) is 9.04. The van der Waals surface area contributed by atoms with Gasteiger partial charge in [0.25, 0.3) is 5.69 Å². The molecule has 6 nitrogen and oxygen atoms in total. The van der Waals surface area contributed by atoms with Crippen LogP contribution in [0.15, 0.2) is 24.4 Å². The maximum Gasteiger partial charge on any atom is 0.295 e. The highest BCUT2D eigenvalue weighted by Gasteiger charge is 2.19. The predicted octanol–water partition coefficient (Wildman–Crippen LogP) is 3.33. The average molecular weight is 325 g/mol. The number of aromatic nitrogens is 3.